The molecule has 2 bridgehead atoms. The van der Waals surface area contributed by atoms with Gasteiger partial charge in [-0.05, 0) is 64.7 Å². The number of nitrogens with one attached hydrogen (secondary N) is 2. The SMILES string of the molecule is CC(C)(NC(=O)NCC1CC2CCC1C2)C(C)(C)C(=O)O. The van der Waals surface area contributed by atoms with E-state index in [4.69, 9.17) is 0 Å². The van der Waals surface area contributed by atoms with Crippen LogP contribution >= 0.6 is 0 Å². The van der Waals surface area contributed by atoms with Gasteiger partial charge in [0.25, 0.3) is 0 Å². The number of carbonyl (C=O) groups excluding carboxylic acids is 1. The van der Waals surface area contributed by atoms with Crippen LogP contribution in [0.5, 0.6) is 0 Å². The van der Waals surface area contributed by atoms with Crippen molar-refractivity contribution in [2.45, 2.75) is 58.9 Å². The van der Waals surface area contributed by atoms with E-state index >= 15 is 0 Å². The molecule has 0 radical (unpaired) electrons. The zero-order chi connectivity index (χ0) is 15.8. The van der Waals surface area contributed by atoms with E-state index in [1.165, 1.54) is 25.7 Å². The van der Waals surface area contributed by atoms with E-state index in [0.717, 1.165) is 11.8 Å². The summed E-state index contributed by atoms with van der Waals surface area (Å²) in [6.07, 6.45) is 5.21. The molecule has 3 N–H and O–H groups in total. The van der Waals surface area contributed by atoms with Gasteiger partial charge in [0, 0.05) is 6.54 Å². The lowest BCUT2D eigenvalue weighted by Gasteiger charge is -2.38. The second kappa shape index (κ2) is 5.50. The van der Waals surface area contributed by atoms with E-state index in [-0.39, 0.29) is 6.03 Å². The van der Waals surface area contributed by atoms with Crippen molar-refractivity contribution in [1.29, 1.82) is 0 Å². The van der Waals surface area contributed by atoms with Crippen molar-refractivity contribution in [1.82, 2.24) is 10.6 Å². The summed E-state index contributed by atoms with van der Waals surface area (Å²) in [6, 6.07) is -0.267. The van der Waals surface area contributed by atoms with Crippen LogP contribution in [0.3, 0.4) is 0 Å². The molecule has 2 aliphatic rings. The largest absolute Gasteiger partial charge is 0.481 e. The molecule has 0 spiro atoms. The summed E-state index contributed by atoms with van der Waals surface area (Å²) >= 11 is 0. The maximum Gasteiger partial charge on any atom is 0.315 e. The van der Waals surface area contributed by atoms with Crippen molar-refractivity contribution in [3.05, 3.63) is 0 Å². The van der Waals surface area contributed by atoms with Gasteiger partial charge in [-0.2, -0.15) is 0 Å². The van der Waals surface area contributed by atoms with Gasteiger partial charge in [0.05, 0.1) is 11.0 Å². The van der Waals surface area contributed by atoms with E-state index in [9.17, 15) is 14.7 Å². The van der Waals surface area contributed by atoms with Gasteiger partial charge in [0.2, 0.25) is 0 Å². The van der Waals surface area contributed by atoms with Crippen LogP contribution in [0.2, 0.25) is 0 Å². The molecule has 2 rings (SSSR count). The number of hydrogen-bond acceptors (Lipinski definition) is 2. The average molecular weight is 296 g/mol. The Hall–Kier alpha value is -1.26. The smallest absolute Gasteiger partial charge is 0.315 e. The Kier molecular flexibility index (Phi) is 4.22. The highest BCUT2D eigenvalue weighted by Crippen LogP contribution is 2.47. The van der Waals surface area contributed by atoms with Crippen LogP contribution in [-0.2, 0) is 4.79 Å². The first kappa shape index (κ1) is 16.1. The number of carboxylic acids is 1. The van der Waals surface area contributed by atoms with E-state index in [1.54, 1.807) is 27.7 Å². The molecule has 5 nitrogen and oxygen atoms in total. The van der Waals surface area contributed by atoms with E-state index in [0.29, 0.717) is 12.5 Å². The van der Waals surface area contributed by atoms with Crippen LogP contribution in [0.25, 0.3) is 0 Å². The molecule has 2 fully saturated rings. The molecule has 0 saturated heterocycles. The van der Waals surface area contributed by atoms with E-state index in [2.05, 4.69) is 10.6 Å². The van der Waals surface area contributed by atoms with Gasteiger partial charge < -0.3 is 15.7 Å². The number of amides is 2. The lowest BCUT2D eigenvalue weighted by atomic mass is 9.74. The van der Waals surface area contributed by atoms with E-state index in [1.807, 2.05) is 0 Å². The topological polar surface area (TPSA) is 78.4 Å². The fraction of sp³-hybridized carbons (Fsp3) is 0.875. The maximum atomic E-state index is 12.1. The van der Waals surface area contributed by atoms with E-state index < -0.39 is 16.9 Å². The molecular formula is C16H28N2O3. The van der Waals surface area contributed by atoms with Crippen LogP contribution in [0.15, 0.2) is 0 Å². The number of carboxylic acid groups (broad SMARTS) is 1. The van der Waals surface area contributed by atoms with Crippen molar-refractivity contribution in [2.75, 3.05) is 6.54 Å². The molecule has 2 aliphatic carbocycles. The Bertz CT molecular complexity index is 431. The normalized spacial score (nSPS) is 28.5. The Morgan fingerprint density at radius 2 is 1.81 bits per heavy atom. The molecule has 0 aromatic carbocycles. The molecule has 3 atom stereocenters. The molecule has 0 aromatic rings. The molecule has 0 aromatic heterocycles. The molecular weight excluding hydrogens is 268 g/mol. The predicted octanol–water partition coefficient (Wildman–Crippen LogP) is 2.61. The van der Waals surface area contributed by atoms with Gasteiger partial charge in [-0.1, -0.05) is 6.42 Å². The molecule has 120 valence electrons. The average Bonchev–Trinajstić information content (AvgIpc) is 2.97. The van der Waals surface area contributed by atoms with Crippen molar-refractivity contribution in [3.63, 3.8) is 0 Å². The first-order chi connectivity index (χ1) is 9.63. The summed E-state index contributed by atoms with van der Waals surface area (Å²) < 4.78 is 0. The molecule has 21 heavy (non-hydrogen) atoms. The minimum atomic E-state index is -1.03. The first-order valence-electron chi connectivity index (χ1n) is 7.93. The van der Waals surface area contributed by atoms with Crippen molar-refractivity contribution in [2.24, 2.45) is 23.2 Å². The van der Waals surface area contributed by atoms with Gasteiger partial charge in [-0.25, -0.2) is 4.79 Å². The Morgan fingerprint density at radius 3 is 2.29 bits per heavy atom. The lowest BCUT2D eigenvalue weighted by Crippen LogP contribution is -2.59. The minimum absolute atomic E-state index is 0.267. The quantitative estimate of drug-likeness (QED) is 0.729. The second-order valence-corrected chi connectivity index (χ2v) is 7.83. The zero-order valence-corrected chi connectivity index (χ0v) is 13.5. The maximum absolute atomic E-state index is 12.1. The highest BCUT2D eigenvalue weighted by Gasteiger charge is 2.45. The summed E-state index contributed by atoms with van der Waals surface area (Å²) in [5.41, 5.74) is -1.85. The number of aliphatic carboxylic acids is 1. The highest BCUT2D eigenvalue weighted by atomic mass is 16.4. The van der Waals surface area contributed by atoms with Crippen LogP contribution in [0.4, 0.5) is 4.79 Å². The summed E-state index contributed by atoms with van der Waals surface area (Å²) in [5.74, 6) is 1.33. The molecule has 2 amide bonds. The fourth-order valence-electron chi connectivity index (χ4n) is 3.60. The lowest BCUT2D eigenvalue weighted by molar-refractivity contribution is -0.150. The van der Waals surface area contributed by atoms with Gasteiger partial charge in [-0.3, -0.25) is 4.79 Å². The van der Waals surface area contributed by atoms with Crippen LogP contribution in [0, 0.1) is 23.2 Å². The van der Waals surface area contributed by atoms with Crippen LogP contribution < -0.4 is 10.6 Å². The number of urea groups is 1. The molecule has 3 unspecified atom stereocenters. The third-order valence-electron chi connectivity index (χ3n) is 5.93. The fourth-order valence-corrected chi connectivity index (χ4v) is 3.60. The summed E-state index contributed by atoms with van der Waals surface area (Å²) in [5, 5.41) is 15.0. The summed E-state index contributed by atoms with van der Waals surface area (Å²) in [7, 11) is 0. The number of fused-ring (bicyclic) bond motifs is 2. The highest BCUT2D eigenvalue weighted by molar-refractivity contribution is 5.79. The standard InChI is InChI=1S/C16H28N2O3/c1-15(2,13(19)20)16(3,4)18-14(21)17-9-12-8-10-5-6-11(12)7-10/h10-12H,5-9H2,1-4H3,(H,19,20)(H2,17,18,21). The van der Waals surface area contributed by atoms with Gasteiger partial charge in [0.15, 0.2) is 0 Å². The molecule has 2 saturated carbocycles. The summed E-state index contributed by atoms with van der Waals surface area (Å²) in [4.78, 5) is 23.4. The number of carbonyl (C=O) groups is 2. The molecule has 5 heteroatoms. The van der Waals surface area contributed by atoms with Crippen molar-refractivity contribution in [3.8, 4) is 0 Å². The van der Waals surface area contributed by atoms with Crippen LogP contribution in [0.1, 0.15) is 53.4 Å². The monoisotopic (exact) mass is 296 g/mol. The Labute approximate surface area is 126 Å². The minimum Gasteiger partial charge on any atom is -0.481 e. The van der Waals surface area contributed by atoms with Crippen LogP contribution in [-0.4, -0.2) is 29.2 Å². The van der Waals surface area contributed by atoms with Gasteiger partial charge >= 0.3 is 12.0 Å². The third kappa shape index (κ3) is 3.16. The van der Waals surface area contributed by atoms with Gasteiger partial charge in [-0.15, -0.1) is 0 Å². The predicted molar refractivity (Wildman–Crippen MR) is 81.0 cm³/mol. The third-order valence-corrected chi connectivity index (χ3v) is 5.93. The molecule has 0 aliphatic heterocycles. The number of hydrogen-bond donors (Lipinski definition) is 3. The van der Waals surface area contributed by atoms with Crippen molar-refractivity contribution < 1.29 is 14.7 Å². The summed E-state index contributed by atoms with van der Waals surface area (Å²) in [6.45, 7) is 7.46. The zero-order valence-electron chi connectivity index (χ0n) is 13.5. The Morgan fingerprint density at radius 1 is 1.14 bits per heavy atom. The second-order valence-electron chi connectivity index (χ2n) is 7.83. The van der Waals surface area contributed by atoms with Gasteiger partial charge in [0.1, 0.15) is 0 Å². The first-order valence-corrected chi connectivity index (χ1v) is 7.93. The molecule has 0 heterocycles. The Balaban J connectivity index is 1.83. The number of rotatable bonds is 5. The van der Waals surface area contributed by atoms with Crippen molar-refractivity contribution >= 4 is 12.0 Å².